The first-order valence-corrected chi connectivity index (χ1v) is 9.85. The highest BCUT2D eigenvalue weighted by Gasteiger charge is 2.34. The second-order valence-corrected chi connectivity index (χ2v) is 9.22. The number of oxazole rings is 1. The van der Waals surface area contributed by atoms with Gasteiger partial charge in [0.2, 0.25) is 9.84 Å². The number of likely N-dealkylation sites (tertiary alicyclic amines) is 1. The molecule has 1 amide bonds. The van der Waals surface area contributed by atoms with Crippen molar-refractivity contribution >= 4 is 27.0 Å². The van der Waals surface area contributed by atoms with E-state index < -0.39 is 21.5 Å². The zero-order chi connectivity index (χ0) is 18.2. The number of nitrogens with zero attached hydrogens (tertiary/aromatic N) is 2. The number of carbonyl (C=O) groups is 1. The summed E-state index contributed by atoms with van der Waals surface area (Å²) in [5, 5.41) is -0.260. The highest BCUT2D eigenvalue weighted by atomic mass is 32.2. The molecule has 25 heavy (non-hydrogen) atoms. The van der Waals surface area contributed by atoms with Crippen molar-refractivity contribution < 1.29 is 22.4 Å². The van der Waals surface area contributed by atoms with Crippen LogP contribution in [0.3, 0.4) is 0 Å². The van der Waals surface area contributed by atoms with Gasteiger partial charge in [0.05, 0.1) is 5.75 Å². The smallest absolute Gasteiger partial charge is 0.410 e. The van der Waals surface area contributed by atoms with E-state index in [0.717, 1.165) is 0 Å². The Morgan fingerprint density at radius 2 is 2.08 bits per heavy atom. The second kappa shape index (κ2) is 6.33. The number of hydrogen-bond donors (Lipinski definition) is 0. The van der Waals surface area contributed by atoms with Crippen LogP contribution in [0.5, 0.6) is 0 Å². The van der Waals surface area contributed by atoms with E-state index in [0.29, 0.717) is 30.6 Å². The lowest BCUT2D eigenvalue weighted by Gasteiger charge is -2.24. The van der Waals surface area contributed by atoms with Gasteiger partial charge in [0.1, 0.15) is 11.1 Å². The summed E-state index contributed by atoms with van der Waals surface area (Å²) in [5.74, 6) is -0.258. The molecule has 1 fully saturated rings. The van der Waals surface area contributed by atoms with Crippen LogP contribution in [-0.2, 0) is 14.6 Å². The molecule has 7 nitrogen and oxygen atoms in total. The Kier molecular flexibility index (Phi) is 4.49. The fourth-order valence-electron chi connectivity index (χ4n) is 2.83. The molecular weight excluding hydrogens is 344 g/mol. The van der Waals surface area contributed by atoms with Gasteiger partial charge in [0.15, 0.2) is 5.58 Å². The molecule has 136 valence electrons. The van der Waals surface area contributed by atoms with Crippen molar-refractivity contribution in [1.29, 1.82) is 0 Å². The monoisotopic (exact) mass is 366 g/mol. The van der Waals surface area contributed by atoms with E-state index in [9.17, 15) is 13.2 Å². The Morgan fingerprint density at radius 3 is 2.76 bits per heavy atom. The van der Waals surface area contributed by atoms with Crippen molar-refractivity contribution in [2.75, 3.05) is 18.8 Å². The van der Waals surface area contributed by atoms with Crippen molar-refractivity contribution in [3.8, 4) is 0 Å². The van der Waals surface area contributed by atoms with E-state index in [1.54, 1.807) is 49.9 Å². The lowest BCUT2D eigenvalue weighted by Crippen LogP contribution is -2.35. The van der Waals surface area contributed by atoms with E-state index in [4.69, 9.17) is 9.15 Å². The molecule has 8 heteroatoms. The number of rotatable bonds is 3. The van der Waals surface area contributed by atoms with E-state index in [2.05, 4.69) is 4.98 Å². The molecule has 0 N–H and O–H groups in total. The molecule has 0 bridgehead atoms. The van der Waals surface area contributed by atoms with Crippen molar-refractivity contribution in [2.24, 2.45) is 5.92 Å². The SMILES string of the molecule is CC(C)(C)OC(=O)N1CCC(CS(=O)(=O)c2nc3ccccc3o2)C1. The van der Waals surface area contributed by atoms with Gasteiger partial charge in [-0.15, -0.1) is 0 Å². The lowest BCUT2D eigenvalue weighted by molar-refractivity contribution is 0.0289. The normalized spacial score (nSPS) is 18.7. The molecule has 0 aliphatic carbocycles. The first kappa shape index (κ1) is 17.7. The number of para-hydroxylation sites is 2. The number of fused-ring (bicyclic) bond motifs is 1. The van der Waals surface area contributed by atoms with E-state index in [-0.39, 0.29) is 16.9 Å². The maximum absolute atomic E-state index is 12.6. The molecule has 1 aliphatic heterocycles. The van der Waals surface area contributed by atoms with Gasteiger partial charge in [0.25, 0.3) is 0 Å². The quantitative estimate of drug-likeness (QED) is 0.830. The van der Waals surface area contributed by atoms with Gasteiger partial charge in [-0.3, -0.25) is 0 Å². The standard InChI is InChI=1S/C17H22N2O5S/c1-17(2,3)24-16(20)19-9-8-12(10-19)11-25(21,22)15-18-13-6-4-5-7-14(13)23-15/h4-7,12H,8-11H2,1-3H3. The number of amides is 1. The molecule has 0 saturated carbocycles. The molecule has 0 spiro atoms. The third kappa shape index (κ3) is 4.12. The maximum atomic E-state index is 12.6. The number of benzene rings is 1. The number of sulfone groups is 1. The largest absolute Gasteiger partial charge is 0.444 e. The number of ether oxygens (including phenoxy) is 1. The van der Waals surface area contributed by atoms with E-state index in [1.807, 2.05) is 0 Å². The number of aromatic nitrogens is 1. The maximum Gasteiger partial charge on any atom is 0.410 e. The predicted molar refractivity (Wildman–Crippen MR) is 92.0 cm³/mol. The van der Waals surface area contributed by atoms with Crippen LogP contribution in [0.4, 0.5) is 4.79 Å². The fraction of sp³-hybridized carbons (Fsp3) is 0.529. The van der Waals surface area contributed by atoms with Crippen LogP contribution in [-0.4, -0.2) is 48.8 Å². The van der Waals surface area contributed by atoms with Crippen molar-refractivity contribution in [3.05, 3.63) is 24.3 Å². The van der Waals surface area contributed by atoms with Crippen LogP contribution < -0.4 is 0 Å². The Labute approximate surface area is 146 Å². The minimum Gasteiger partial charge on any atom is -0.444 e. The zero-order valence-corrected chi connectivity index (χ0v) is 15.4. The molecule has 1 unspecified atom stereocenters. The molecular formula is C17H22N2O5S. The van der Waals surface area contributed by atoms with Crippen LogP contribution in [0, 0.1) is 5.92 Å². The third-order valence-corrected chi connectivity index (χ3v) is 5.55. The second-order valence-electron chi connectivity index (χ2n) is 7.31. The number of carbonyl (C=O) groups excluding carboxylic acids is 1. The molecule has 0 radical (unpaired) electrons. The van der Waals surface area contributed by atoms with E-state index >= 15 is 0 Å². The van der Waals surface area contributed by atoms with Crippen LogP contribution in [0.2, 0.25) is 0 Å². The molecule has 1 aromatic carbocycles. The molecule has 2 heterocycles. The van der Waals surface area contributed by atoms with Crippen LogP contribution >= 0.6 is 0 Å². The summed E-state index contributed by atoms with van der Waals surface area (Å²) in [7, 11) is -3.65. The van der Waals surface area contributed by atoms with Crippen molar-refractivity contribution in [3.63, 3.8) is 0 Å². The molecule has 3 rings (SSSR count). The van der Waals surface area contributed by atoms with Gasteiger partial charge in [-0.05, 0) is 45.2 Å². The van der Waals surface area contributed by atoms with Gasteiger partial charge in [0, 0.05) is 13.1 Å². The zero-order valence-electron chi connectivity index (χ0n) is 14.6. The van der Waals surface area contributed by atoms with Crippen LogP contribution in [0.25, 0.3) is 11.1 Å². The summed E-state index contributed by atoms with van der Waals surface area (Å²) in [6.45, 7) is 6.25. The van der Waals surface area contributed by atoms with Gasteiger partial charge in [-0.2, -0.15) is 4.98 Å². The summed E-state index contributed by atoms with van der Waals surface area (Å²) in [5.41, 5.74) is 0.394. The predicted octanol–water partition coefficient (Wildman–Crippen LogP) is 2.86. The molecule has 1 atom stereocenters. The average molecular weight is 366 g/mol. The van der Waals surface area contributed by atoms with Gasteiger partial charge < -0.3 is 14.1 Å². The number of hydrogen-bond acceptors (Lipinski definition) is 6. The summed E-state index contributed by atoms with van der Waals surface area (Å²) in [6, 6.07) is 6.93. The lowest BCUT2D eigenvalue weighted by atomic mass is 10.2. The first-order valence-electron chi connectivity index (χ1n) is 8.20. The average Bonchev–Trinajstić information content (AvgIpc) is 3.11. The highest BCUT2D eigenvalue weighted by Crippen LogP contribution is 2.25. The van der Waals surface area contributed by atoms with Crippen LogP contribution in [0.1, 0.15) is 27.2 Å². The molecule has 1 aliphatic rings. The van der Waals surface area contributed by atoms with Crippen molar-refractivity contribution in [2.45, 2.75) is 38.0 Å². The Bertz CT molecular complexity index is 849. The highest BCUT2D eigenvalue weighted by molar-refractivity contribution is 7.91. The summed E-state index contributed by atoms with van der Waals surface area (Å²) in [6.07, 6.45) is 0.202. The van der Waals surface area contributed by atoms with Crippen molar-refractivity contribution in [1.82, 2.24) is 9.88 Å². The Balaban J connectivity index is 1.67. The minimum atomic E-state index is -3.65. The van der Waals surface area contributed by atoms with E-state index in [1.165, 1.54) is 0 Å². The summed E-state index contributed by atoms with van der Waals surface area (Å²) >= 11 is 0. The first-order chi connectivity index (χ1) is 11.6. The Hall–Kier alpha value is -2.09. The molecule has 1 saturated heterocycles. The summed E-state index contributed by atoms with van der Waals surface area (Å²) in [4.78, 5) is 17.7. The van der Waals surface area contributed by atoms with Gasteiger partial charge >= 0.3 is 11.3 Å². The van der Waals surface area contributed by atoms with Gasteiger partial charge in [-0.1, -0.05) is 12.1 Å². The topological polar surface area (TPSA) is 89.7 Å². The van der Waals surface area contributed by atoms with Gasteiger partial charge in [-0.25, -0.2) is 13.2 Å². The fourth-order valence-corrected chi connectivity index (χ4v) is 4.32. The molecule has 1 aromatic heterocycles. The minimum absolute atomic E-state index is 0.0981. The molecule has 2 aromatic rings. The van der Waals surface area contributed by atoms with Crippen LogP contribution in [0.15, 0.2) is 33.9 Å². The third-order valence-electron chi connectivity index (χ3n) is 3.93. The Morgan fingerprint density at radius 1 is 1.36 bits per heavy atom. The summed E-state index contributed by atoms with van der Waals surface area (Å²) < 4.78 is 35.9.